The van der Waals surface area contributed by atoms with Crippen LogP contribution in [0.25, 0.3) is 0 Å². The molecule has 1 unspecified atom stereocenters. The molecule has 0 saturated carbocycles. The van der Waals surface area contributed by atoms with Gasteiger partial charge in [0, 0.05) is 37.0 Å². The molecule has 0 fully saturated rings. The lowest BCUT2D eigenvalue weighted by molar-refractivity contribution is 0.106. The summed E-state index contributed by atoms with van der Waals surface area (Å²) in [6.45, 7) is 1.79. The van der Waals surface area contributed by atoms with E-state index < -0.39 is 6.10 Å². The topological polar surface area (TPSA) is 76.0 Å². The fourth-order valence-corrected chi connectivity index (χ4v) is 2.77. The fraction of sp³-hybridized carbons (Fsp3) is 0.250. The number of pyridine rings is 1. The van der Waals surface area contributed by atoms with Crippen molar-refractivity contribution in [2.24, 2.45) is 5.16 Å². The molecule has 0 saturated heterocycles. The van der Waals surface area contributed by atoms with Crippen LogP contribution in [-0.4, -0.2) is 42.1 Å². The molecule has 0 spiro atoms. The summed E-state index contributed by atoms with van der Waals surface area (Å²) in [5.74, 6) is 0.650. The third kappa shape index (κ3) is 7.66. The van der Waals surface area contributed by atoms with Crippen molar-refractivity contribution in [3.63, 3.8) is 0 Å². The molecule has 0 aliphatic rings. The number of aliphatic hydroxyl groups is 1. The van der Waals surface area contributed by atoms with Gasteiger partial charge in [0.1, 0.15) is 25.1 Å². The zero-order valence-electron chi connectivity index (χ0n) is 16.9. The summed E-state index contributed by atoms with van der Waals surface area (Å²) in [7, 11) is 0. The van der Waals surface area contributed by atoms with E-state index in [1.165, 1.54) is 0 Å². The molecule has 3 rings (SSSR count). The third-order valence-electron chi connectivity index (χ3n) is 4.35. The summed E-state index contributed by atoms with van der Waals surface area (Å²) in [5.41, 5.74) is 2.87. The lowest BCUT2D eigenvalue weighted by atomic mass is 10.2. The standard InChI is InChI=1S/C24H27N3O3/c28-23(17-25-15-13-22-11-6-7-14-26-22)19-29-24-12-5-4-10-21(24)16-27-30-18-20-8-2-1-3-9-20/h1-12,14,16,23,25,28H,13,15,17-19H2/b27-16+. The minimum Gasteiger partial charge on any atom is -0.490 e. The highest BCUT2D eigenvalue weighted by molar-refractivity contribution is 5.83. The van der Waals surface area contributed by atoms with Gasteiger partial charge in [0.25, 0.3) is 0 Å². The lowest BCUT2D eigenvalue weighted by Gasteiger charge is -2.14. The molecule has 0 aliphatic heterocycles. The van der Waals surface area contributed by atoms with Crippen LogP contribution >= 0.6 is 0 Å². The van der Waals surface area contributed by atoms with Crippen molar-refractivity contribution in [3.8, 4) is 5.75 Å². The fourth-order valence-electron chi connectivity index (χ4n) is 2.77. The van der Waals surface area contributed by atoms with Crippen molar-refractivity contribution in [3.05, 3.63) is 95.8 Å². The molecular weight excluding hydrogens is 378 g/mol. The molecule has 2 N–H and O–H groups in total. The van der Waals surface area contributed by atoms with Crippen LogP contribution in [0.5, 0.6) is 5.75 Å². The predicted octanol–water partition coefficient (Wildman–Crippen LogP) is 3.20. The Hall–Kier alpha value is -3.22. The van der Waals surface area contributed by atoms with Crippen LogP contribution in [0.4, 0.5) is 0 Å². The molecule has 6 heteroatoms. The maximum absolute atomic E-state index is 10.2. The number of oxime groups is 1. The van der Waals surface area contributed by atoms with Crippen molar-refractivity contribution >= 4 is 6.21 Å². The highest BCUT2D eigenvalue weighted by Crippen LogP contribution is 2.16. The summed E-state index contributed by atoms with van der Waals surface area (Å²) in [6, 6.07) is 23.2. The van der Waals surface area contributed by atoms with Crippen molar-refractivity contribution in [2.45, 2.75) is 19.1 Å². The minimum atomic E-state index is -0.618. The zero-order chi connectivity index (χ0) is 20.9. The van der Waals surface area contributed by atoms with E-state index >= 15 is 0 Å². The van der Waals surface area contributed by atoms with Crippen LogP contribution in [0.3, 0.4) is 0 Å². The van der Waals surface area contributed by atoms with Gasteiger partial charge in [-0.1, -0.05) is 53.7 Å². The molecule has 0 radical (unpaired) electrons. The van der Waals surface area contributed by atoms with Gasteiger partial charge in [0.2, 0.25) is 0 Å². The molecule has 6 nitrogen and oxygen atoms in total. The molecule has 0 aliphatic carbocycles. The Labute approximate surface area is 177 Å². The summed E-state index contributed by atoms with van der Waals surface area (Å²) in [4.78, 5) is 9.63. The van der Waals surface area contributed by atoms with E-state index in [2.05, 4.69) is 15.5 Å². The van der Waals surface area contributed by atoms with E-state index in [0.717, 1.165) is 29.8 Å². The molecule has 156 valence electrons. The largest absolute Gasteiger partial charge is 0.490 e. The average Bonchev–Trinajstić information content (AvgIpc) is 2.80. The molecule has 1 heterocycles. The van der Waals surface area contributed by atoms with E-state index in [1.54, 1.807) is 12.4 Å². The van der Waals surface area contributed by atoms with E-state index in [0.29, 0.717) is 18.9 Å². The number of hydrogen-bond donors (Lipinski definition) is 2. The van der Waals surface area contributed by atoms with Gasteiger partial charge in [-0.25, -0.2) is 0 Å². The summed E-state index contributed by atoms with van der Waals surface area (Å²) >= 11 is 0. The van der Waals surface area contributed by atoms with E-state index in [9.17, 15) is 5.11 Å². The Morgan fingerprint density at radius 3 is 2.63 bits per heavy atom. The van der Waals surface area contributed by atoms with Crippen LogP contribution in [0.2, 0.25) is 0 Å². The number of nitrogens with one attached hydrogen (secondary N) is 1. The quantitative estimate of drug-likeness (QED) is 0.275. The molecule has 0 amide bonds. The Bertz CT molecular complexity index is 888. The molecular formula is C24H27N3O3. The van der Waals surface area contributed by atoms with Crippen LogP contribution in [0.1, 0.15) is 16.8 Å². The molecule has 1 atom stereocenters. The second-order valence-corrected chi connectivity index (χ2v) is 6.77. The number of rotatable bonds is 12. The second kappa shape index (κ2) is 12.4. The SMILES string of the molecule is OC(CNCCc1ccccn1)COc1ccccc1/C=N/OCc1ccccc1. The second-order valence-electron chi connectivity index (χ2n) is 6.77. The molecule has 30 heavy (non-hydrogen) atoms. The highest BCUT2D eigenvalue weighted by atomic mass is 16.6. The van der Waals surface area contributed by atoms with Crippen molar-refractivity contribution in [1.29, 1.82) is 0 Å². The monoisotopic (exact) mass is 405 g/mol. The Morgan fingerprint density at radius 1 is 1.00 bits per heavy atom. The number of aliphatic hydroxyl groups excluding tert-OH is 1. The number of aromatic nitrogens is 1. The van der Waals surface area contributed by atoms with Gasteiger partial charge in [-0.05, 0) is 29.8 Å². The van der Waals surface area contributed by atoms with E-state index in [1.807, 2.05) is 72.8 Å². The lowest BCUT2D eigenvalue weighted by Crippen LogP contribution is -2.32. The normalized spacial score (nSPS) is 12.0. The van der Waals surface area contributed by atoms with Gasteiger partial charge in [-0.15, -0.1) is 0 Å². The summed E-state index contributed by atoms with van der Waals surface area (Å²) < 4.78 is 5.78. The Balaban J connectivity index is 1.38. The minimum absolute atomic E-state index is 0.187. The van der Waals surface area contributed by atoms with Gasteiger partial charge >= 0.3 is 0 Å². The van der Waals surface area contributed by atoms with Crippen LogP contribution in [0, 0.1) is 0 Å². The van der Waals surface area contributed by atoms with Gasteiger partial charge < -0.3 is 20.0 Å². The van der Waals surface area contributed by atoms with Crippen LogP contribution in [-0.2, 0) is 17.9 Å². The maximum atomic E-state index is 10.2. The molecule has 3 aromatic rings. The maximum Gasteiger partial charge on any atom is 0.142 e. The van der Waals surface area contributed by atoms with Gasteiger partial charge in [-0.3, -0.25) is 4.98 Å². The first-order valence-corrected chi connectivity index (χ1v) is 10.0. The Morgan fingerprint density at radius 2 is 1.80 bits per heavy atom. The first-order chi connectivity index (χ1) is 14.8. The number of hydrogen-bond acceptors (Lipinski definition) is 6. The number of ether oxygens (including phenoxy) is 1. The third-order valence-corrected chi connectivity index (χ3v) is 4.35. The van der Waals surface area contributed by atoms with Crippen LogP contribution in [0.15, 0.2) is 84.1 Å². The number of nitrogens with zero attached hydrogens (tertiary/aromatic N) is 2. The van der Waals surface area contributed by atoms with Crippen molar-refractivity contribution < 1.29 is 14.7 Å². The molecule has 0 bridgehead atoms. The zero-order valence-corrected chi connectivity index (χ0v) is 16.9. The van der Waals surface area contributed by atoms with Crippen molar-refractivity contribution in [2.75, 3.05) is 19.7 Å². The van der Waals surface area contributed by atoms with E-state index in [4.69, 9.17) is 9.57 Å². The van der Waals surface area contributed by atoms with Crippen molar-refractivity contribution in [1.82, 2.24) is 10.3 Å². The van der Waals surface area contributed by atoms with Gasteiger partial charge in [-0.2, -0.15) is 0 Å². The Kier molecular flexibility index (Phi) is 8.86. The first kappa shape index (κ1) is 21.5. The molecule has 1 aromatic heterocycles. The number of benzene rings is 2. The first-order valence-electron chi connectivity index (χ1n) is 10.0. The number of para-hydroxylation sites is 1. The van der Waals surface area contributed by atoms with Gasteiger partial charge in [0.05, 0.1) is 6.21 Å². The average molecular weight is 405 g/mol. The highest BCUT2D eigenvalue weighted by Gasteiger charge is 2.07. The van der Waals surface area contributed by atoms with Crippen LogP contribution < -0.4 is 10.1 Å². The summed E-state index contributed by atoms with van der Waals surface area (Å²) in [6.07, 6.45) is 3.60. The van der Waals surface area contributed by atoms with E-state index in [-0.39, 0.29) is 6.61 Å². The predicted molar refractivity (Wildman–Crippen MR) is 118 cm³/mol. The van der Waals surface area contributed by atoms with Gasteiger partial charge in [0.15, 0.2) is 0 Å². The molecule has 2 aromatic carbocycles. The smallest absolute Gasteiger partial charge is 0.142 e. The summed E-state index contributed by atoms with van der Waals surface area (Å²) in [5, 5.41) is 17.4.